The van der Waals surface area contributed by atoms with Crippen molar-refractivity contribution in [3.63, 3.8) is 0 Å². The van der Waals surface area contributed by atoms with E-state index >= 15 is 0 Å². The maximum absolute atomic E-state index is 5.93. The van der Waals surface area contributed by atoms with Crippen LogP contribution in [0, 0.1) is 9.49 Å². The van der Waals surface area contributed by atoms with Gasteiger partial charge in [0.25, 0.3) is 0 Å². The summed E-state index contributed by atoms with van der Waals surface area (Å²) >= 11 is 2.22. The van der Waals surface area contributed by atoms with Gasteiger partial charge in [-0.2, -0.15) is 0 Å². The van der Waals surface area contributed by atoms with E-state index in [1.54, 1.807) is 7.11 Å². The van der Waals surface area contributed by atoms with Gasteiger partial charge in [-0.05, 0) is 34.9 Å². The van der Waals surface area contributed by atoms with Crippen LogP contribution in [-0.4, -0.2) is 23.7 Å². The van der Waals surface area contributed by atoms with Crippen LogP contribution in [0.5, 0.6) is 0 Å². The molecular weight excluding hydrogens is 329 g/mol. The maximum atomic E-state index is 5.93. The van der Waals surface area contributed by atoms with E-state index < -0.39 is 0 Å². The van der Waals surface area contributed by atoms with Gasteiger partial charge in [-0.25, -0.2) is 9.97 Å². The fraction of sp³-hybridized carbons (Fsp3) is 0.667. The van der Waals surface area contributed by atoms with Crippen molar-refractivity contribution in [3.05, 3.63) is 15.1 Å². The SMILES string of the molecule is COCC(C)c1nc(N)c(I)c(CC(C)C)n1. The van der Waals surface area contributed by atoms with E-state index in [1.165, 1.54) is 0 Å². The molecular formula is C12H20IN3O. The average Bonchev–Trinajstić information content (AvgIpc) is 2.24. The fourth-order valence-corrected chi connectivity index (χ4v) is 2.06. The van der Waals surface area contributed by atoms with Gasteiger partial charge in [0.1, 0.15) is 11.6 Å². The summed E-state index contributed by atoms with van der Waals surface area (Å²) in [5, 5.41) is 0. The lowest BCUT2D eigenvalue weighted by Crippen LogP contribution is -2.13. The van der Waals surface area contributed by atoms with E-state index in [1.807, 2.05) is 6.92 Å². The molecule has 0 aliphatic heterocycles. The van der Waals surface area contributed by atoms with Crippen LogP contribution in [0.25, 0.3) is 0 Å². The summed E-state index contributed by atoms with van der Waals surface area (Å²) in [6, 6.07) is 0. The van der Waals surface area contributed by atoms with Gasteiger partial charge in [0, 0.05) is 13.0 Å². The second-order valence-corrected chi connectivity index (χ2v) is 5.76. The zero-order valence-electron chi connectivity index (χ0n) is 10.8. The third-order valence-corrected chi connectivity index (χ3v) is 3.60. The number of nitrogen functional groups attached to an aromatic ring is 1. The molecule has 0 bridgehead atoms. The van der Waals surface area contributed by atoms with E-state index in [2.05, 4.69) is 46.4 Å². The highest BCUT2D eigenvalue weighted by molar-refractivity contribution is 14.1. The molecule has 5 heteroatoms. The number of hydrogen-bond donors (Lipinski definition) is 1. The second kappa shape index (κ2) is 6.49. The molecule has 0 spiro atoms. The van der Waals surface area contributed by atoms with E-state index in [0.717, 1.165) is 21.5 Å². The summed E-state index contributed by atoms with van der Waals surface area (Å²) in [5.41, 5.74) is 6.98. The molecule has 17 heavy (non-hydrogen) atoms. The first-order valence-corrected chi connectivity index (χ1v) is 6.84. The molecule has 0 radical (unpaired) electrons. The molecule has 4 nitrogen and oxygen atoms in total. The number of aromatic nitrogens is 2. The minimum Gasteiger partial charge on any atom is -0.384 e. The van der Waals surface area contributed by atoms with E-state index in [9.17, 15) is 0 Å². The first-order valence-electron chi connectivity index (χ1n) is 5.76. The van der Waals surface area contributed by atoms with E-state index in [-0.39, 0.29) is 5.92 Å². The van der Waals surface area contributed by atoms with Crippen LogP contribution in [-0.2, 0) is 11.2 Å². The smallest absolute Gasteiger partial charge is 0.140 e. The minimum atomic E-state index is 0.171. The Balaban J connectivity index is 3.05. The Bertz CT molecular complexity index is 382. The Labute approximate surface area is 117 Å². The van der Waals surface area contributed by atoms with Gasteiger partial charge in [-0.1, -0.05) is 20.8 Å². The number of rotatable bonds is 5. The first-order chi connectivity index (χ1) is 7.95. The third kappa shape index (κ3) is 4.06. The van der Waals surface area contributed by atoms with Crippen LogP contribution in [0.4, 0.5) is 5.82 Å². The molecule has 0 aliphatic rings. The van der Waals surface area contributed by atoms with Gasteiger partial charge in [0.05, 0.1) is 15.9 Å². The zero-order chi connectivity index (χ0) is 13.0. The number of nitrogens with zero attached hydrogens (tertiary/aromatic N) is 2. The predicted molar refractivity (Wildman–Crippen MR) is 78.0 cm³/mol. The number of ether oxygens (including phenoxy) is 1. The molecule has 1 aromatic heterocycles. The summed E-state index contributed by atoms with van der Waals surface area (Å²) in [7, 11) is 1.68. The van der Waals surface area contributed by atoms with Gasteiger partial charge < -0.3 is 10.5 Å². The highest BCUT2D eigenvalue weighted by Gasteiger charge is 2.15. The second-order valence-electron chi connectivity index (χ2n) is 4.68. The zero-order valence-corrected chi connectivity index (χ0v) is 13.0. The molecule has 0 aliphatic carbocycles. The highest BCUT2D eigenvalue weighted by atomic mass is 127. The largest absolute Gasteiger partial charge is 0.384 e. The lowest BCUT2D eigenvalue weighted by molar-refractivity contribution is 0.181. The van der Waals surface area contributed by atoms with Crippen molar-refractivity contribution in [1.29, 1.82) is 0 Å². The Kier molecular flexibility index (Phi) is 5.58. The molecule has 96 valence electrons. The van der Waals surface area contributed by atoms with Crippen molar-refractivity contribution in [2.75, 3.05) is 19.5 Å². The highest BCUT2D eigenvalue weighted by Crippen LogP contribution is 2.22. The summed E-state index contributed by atoms with van der Waals surface area (Å²) in [5.74, 6) is 2.09. The summed E-state index contributed by atoms with van der Waals surface area (Å²) in [6.45, 7) is 7.00. The van der Waals surface area contributed by atoms with Crippen LogP contribution in [0.15, 0.2) is 0 Å². The number of anilines is 1. The fourth-order valence-electron chi connectivity index (χ4n) is 1.60. The van der Waals surface area contributed by atoms with Crippen LogP contribution < -0.4 is 5.73 Å². The van der Waals surface area contributed by atoms with Gasteiger partial charge >= 0.3 is 0 Å². The number of nitrogens with two attached hydrogens (primary N) is 1. The van der Waals surface area contributed by atoms with Crippen LogP contribution in [0.1, 0.15) is 38.2 Å². The molecule has 0 amide bonds. The van der Waals surface area contributed by atoms with Crippen molar-refractivity contribution in [3.8, 4) is 0 Å². The molecule has 1 heterocycles. The Morgan fingerprint density at radius 3 is 2.47 bits per heavy atom. The summed E-state index contributed by atoms with van der Waals surface area (Å²) in [6.07, 6.45) is 0.928. The lowest BCUT2D eigenvalue weighted by Gasteiger charge is -2.14. The molecule has 1 aromatic rings. The van der Waals surface area contributed by atoms with Crippen molar-refractivity contribution >= 4 is 28.4 Å². The number of halogens is 1. The first kappa shape index (κ1) is 14.6. The van der Waals surface area contributed by atoms with Crippen LogP contribution in [0.3, 0.4) is 0 Å². The summed E-state index contributed by atoms with van der Waals surface area (Å²) in [4.78, 5) is 8.95. The molecule has 0 saturated heterocycles. The van der Waals surface area contributed by atoms with Gasteiger partial charge in [-0.3, -0.25) is 0 Å². The lowest BCUT2D eigenvalue weighted by atomic mass is 10.1. The third-order valence-electron chi connectivity index (χ3n) is 2.42. The van der Waals surface area contributed by atoms with Crippen LogP contribution in [0.2, 0.25) is 0 Å². The van der Waals surface area contributed by atoms with Gasteiger partial charge in [-0.15, -0.1) is 0 Å². The normalized spacial score (nSPS) is 13.1. The monoisotopic (exact) mass is 349 g/mol. The Hall–Kier alpha value is -0.430. The van der Waals surface area contributed by atoms with Crippen molar-refractivity contribution in [1.82, 2.24) is 9.97 Å². The number of hydrogen-bond acceptors (Lipinski definition) is 4. The van der Waals surface area contributed by atoms with E-state index in [0.29, 0.717) is 18.3 Å². The molecule has 1 unspecified atom stereocenters. The Morgan fingerprint density at radius 1 is 1.29 bits per heavy atom. The number of methoxy groups -OCH3 is 1. The quantitative estimate of drug-likeness (QED) is 0.831. The molecule has 1 rings (SSSR count). The van der Waals surface area contributed by atoms with Crippen LogP contribution >= 0.6 is 22.6 Å². The topological polar surface area (TPSA) is 61.0 Å². The predicted octanol–water partition coefficient (Wildman–Crippen LogP) is 2.61. The standard InChI is InChI=1S/C12H20IN3O/c1-7(2)5-9-10(13)11(14)16-12(15-9)8(3)6-17-4/h7-8H,5-6H2,1-4H3,(H2,14,15,16). The molecule has 0 fully saturated rings. The Morgan fingerprint density at radius 2 is 1.94 bits per heavy atom. The van der Waals surface area contributed by atoms with Gasteiger partial charge in [0.15, 0.2) is 0 Å². The minimum absolute atomic E-state index is 0.171. The van der Waals surface area contributed by atoms with Gasteiger partial charge in [0.2, 0.25) is 0 Å². The van der Waals surface area contributed by atoms with Crippen molar-refractivity contribution in [2.24, 2.45) is 5.92 Å². The average molecular weight is 349 g/mol. The van der Waals surface area contributed by atoms with Crippen molar-refractivity contribution in [2.45, 2.75) is 33.1 Å². The van der Waals surface area contributed by atoms with Crippen molar-refractivity contribution < 1.29 is 4.74 Å². The molecule has 1 atom stereocenters. The summed E-state index contributed by atoms with van der Waals surface area (Å²) < 4.78 is 6.10. The molecule has 0 aromatic carbocycles. The molecule has 2 N–H and O–H groups in total. The molecule has 0 saturated carbocycles. The van der Waals surface area contributed by atoms with E-state index in [4.69, 9.17) is 10.5 Å². The maximum Gasteiger partial charge on any atom is 0.140 e.